The van der Waals surface area contributed by atoms with Crippen molar-refractivity contribution in [3.05, 3.63) is 24.3 Å². The van der Waals surface area contributed by atoms with E-state index in [0.717, 1.165) is 51.4 Å². The molecule has 5 nitrogen and oxygen atoms in total. The first kappa shape index (κ1) is 26.6. The van der Waals surface area contributed by atoms with Crippen LogP contribution in [0.15, 0.2) is 24.3 Å². The predicted molar refractivity (Wildman–Crippen MR) is 120 cm³/mol. The molecule has 172 valence electrons. The Morgan fingerprint density at radius 2 is 1.70 bits per heavy atom. The zero-order valence-electron chi connectivity index (χ0n) is 19.1. The second-order valence-corrected chi connectivity index (χ2v) is 8.46. The number of hydrogen-bond acceptors (Lipinski definition) is 5. The van der Waals surface area contributed by atoms with Crippen LogP contribution in [-0.4, -0.2) is 41.8 Å². The minimum absolute atomic E-state index is 0.0295. The van der Waals surface area contributed by atoms with Gasteiger partial charge in [-0.3, -0.25) is 9.59 Å². The Bertz CT molecular complexity index is 552. The molecule has 0 amide bonds. The number of carbonyl (C=O) groups excluding carboxylic acids is 2. The summed E-state index contributed by atoms with van der Waals surface area (Å²) in [5.74, 6) is 1.21. The molecule has 0 spiro atoms. The lowest BCUT2D eigenvalue weighted by molar-refractivity contribution is -0.142. The number of Topliss-reactive ketones (excluding diaryl/α,β-unsaturated/α-hetero) is 1. The smallest absolute Gasteiger partial charge is 0.305 e. The molecular weight excluding hydrogens is 380 g/mol. The van der Waals surface area contributed by atoms with E-state index in [0.29, 0.717) is 30.5 Å². The van der Waals surface area contributed by atoms with Crippen molar-refractivity contribution in [3.8, 4) is 0 Å². The van der Waals surface area contributed by atoms with Gasteiger partial charge in [0, 0.05) is 25.4 Å². The van der Waals surface area contributed by atoms with E-state index in [9.17, 15) is 14.7 Å². The van der Waals surface area contributed by atoms with Gasteiger partial charge < -0.3 is 14.9 Å². The fourth-order valence-corrected chi connectivity index (χ4v) is 4.67. The van der Waals surface area contributed by atoms with Crippen LogP contribution < -0.4 is 0 Å². The van der Waals surface area contributed by atoms with Gasteiger partial charge in [0.1, 0.15) is 5.78 Å². The van der Waals surface area contributed by atoms with Crippen LogP contribution in [0.3, 0.4) is 0 Å². The lowest BCUT2D eigenvalue weighted by Crippen LogP contribution is -2.19. The van der Waals surface area contributed by atoms with Crippen molar-refractivity contribution in [2.24, 2.45) is 23.7 Å². The molecular formula is C25H42O5. The van der Waals surface area contributed by atoms with Crippen LogP contribution >= 0.6 is 0 Å². The third-order valence-corrected chi connectivity index (χ3v) is 6.44. The van der Waals surface area contributed by atoms with Crippen LogP contribution in [0.4, 0.5) is 0 Å². The number of esters is 1. The summed E-state index contributed by atoms with van der Waals surface area (Å²) in [5.41, 5.74) is 0. The molecule has 2 aliphatic rings. The summed E-state index contributed by atoms with van der Waals surface area (Å²) in [4.78, 5) is 22.9. The first-order valence-corrected chi connectivity index (χ1v) is 11.7. The average Bonchev–Trinajstić information content (AvgIpc) is 3.26. The Morgan fingerprint density at radius 3 is 2.30 bits per heavy atom. The maximum Gasteiger partial charge on any atom is 0.305 e. The predicted octanol–water partition coefficient (Wildman–Crippen LogP) is 4.61. The van der Waals surface area contributed by atoms with Crippen molar-refractivity contribution in [2.45, 2.75) is 84.2 Å². The van der Waals surface area contributed by atoms with Crippen LogP contribution in [0.25, 0.3) is 0 Å². The van der Waals surface area contributed by atoms with E-state index in [-0.39, 0.29) is 30.5 Å². The molecule has 0 aromatic rings. The average molecular weight is 423 g/mol. The van der Waals surface area contributed by atoms with E-state index in [1.54, 1.807) is 0 Å². The highest BCUT2D eigenvalue weighted by Crippen LogP contribution is 2.37. The van der Waals surface area contributed by atoms with Crippen molar-refractivity contribution in [2.75, 3.05) is 13.7 Å². The quantitative estimate of drug-likeness (QED) is 0.397. The minimum Gasteiger partial charge on any atom is -0.469 e. The van der Waals surface area contributed by atoms with E-state index >= 15 is 0 Å². The number of aliphatic hydroxyl groups is 2. The molecule has 0 radical (unpaired) electrons. The monoisotopic (exact) mass is 422 g/mol. The van der Waals surface area contributed by atoms with Gasteiger partial charge in [-0.1, -0.05) is 38.2 Å². The summed E-state index contributed by atoms with van der Waals surface area (Å²) < 4.78 is 4.65. The highest BCUT2D eigenvalue weighted by atomic mass is 16.5. The van der Waals surface area contributed by atoms with Gasteiger partial charge in [-0.05, 0) is 69.1 Å². The second kappa shape index (κ2) is 15.4. The van der Waals surface area contributed by atoms with Crippen LogP contribution in [0.5, 0.6) is 0 Å². The first-order valence-electron chi connectivity index (χ1n) is 11.7. The number of ether oxygens (including phenoxy) is 1. The van der Waals surface area contributed by atoms with Crippen LogP contribution in [0.1, 0.15) is 78.1 Å². The highest BCUT2D eigenvalue weighted by molar-refractivity contribution is 5.84. The Labute approximate surface area is 182 Å². The van der Waals surface area contributed by atoms with Crippen molar-refractivity contribution < 1.29 is 24.5 Å². The summed E-state index contributed by atoms with van der Waals surface area (Å²) in [7, 11) is 1.39. The van der Waals surface area contributed by atoms with Gasteiger partial charge in [0.15, 0.2) is 0 Å². The number of allylic oxidation sites excluding steroid dienone is 4. The third-order valence-electron chi connectivity index (χ3n) is 6.44. The number of aliphatic hydroxyl groups excluding tert-OH is 2. The van der Waals surface area contributed by atoms with Crippen molar-refractivity contribution in [3.63, 3.8) is 0 Å². The molecule has 5 atom stereocenters. The number of ketones is 1. The second-order valence-electron chi connectivity index (χ2n) is 8.46. The molecule has 1 unspecified atom stereocenters. The molecule has 0 saturated heterocycles. The Morgan fingerprint density at radius 1 is 1.03 bits per heavy atom. The minimum atomic E-state index is -0.204. The van der Waals surface area contributed by atoms with Gasteiger partial charge in [-0.25, -0.2) is 0 Å². The normalized spacial score (nSPS) is 28.8. The summed E-state index contributed by atoms with van der Waals surface area (Å²) in [5, 5.41) is 18.7. The molecule has 2 aliphatic carbocycles. The number of carbonyl (C=O) groups is 2. The van der Waals surface area contributed by atoms with E-state index in [4.69, 9.17) is 5.11 Å². The molecule has 0 bridgehead atoms. The highest BCUT2D eigenvalue weighted by Gasteiger charge is 2.35. The van der Waals surface area contributed by atoms with Gasteiger partial charge in [0.2, 0.25) is 0 Å². The molecule has 0 heterocycles. The standard InChI is InChI=1S/C13H20O3.C12H22O2/c1-3-4-5-6-11-10(7-8-12(11)14)9-13(15)16-2;1-2-3-4-5-11-10(8-9-13)6-7-12(11)14/h4-5,10-11H,3,6-9H2,1-2H3;3-4,10-14H,2,5-9H2,1H3/b5-4-;4-3-/t10-,11-;10-,11-,12?/m11/s1. The lowest BCUT2D eigenvalue weighted by atomic mass is 9.89. The molecule has 2 N–H and O–H groups in total. The maximum absolute atomic E-state index is 11.7. The zero-order valence-corrected chi connectivity index (χ0v) is 19.1. The van der Waals surface area contributed by atoms with Crippen molar-refractivity contribution in [1.82, 2.24) is 0 Å². The topological polar surface area (TPSA) is 83.8 Å². The van der Waals surface area contributed by atoms with E-state index in [1.807, 2.05) is 0 Å². The van der Waals surface area contributed by atoms with Gasteiger partial charge in [0.05, 0.1) is 13.2 Å². The molecule has 5 heteroatoms. The molecule has 2 saturated carbocycles. The Balaban J connectivity index is 0.000000303. The summed E-state index contributed by atoms with van der Waals surface area (Å²) in [6.45, 7) is 4.44. The maximum atomic E-state index is 11.7. The van der Waals surface area contributed by atoms with Crippen molar-refractivity contribution >= 4 is 11.8 Å². The fraction of sp³-hybridized carbons (Fsp3) is 0.760. The fourth-order valence-electron chi connectivity index (χ4n) is 4.67. The molecule has 0 aromatic carbocycles. The Hall–Kier alpha value is -1.46. The largest absolute Gasteiger partial charge is 0.469 e. The third kappa shape index (κ3) is 9.13. The number of rotatable bonds is 10. The molecule has 30 heavy (non-hydrogen) atoms. The van der Waals surface area contributed by atoms with Gasteiger partial charge in [-0.2, -0.15) is 0 Å². The van der Waals surface area contributed by atoms with Gasteiger partial charge in [0.25, 0.3) is 0 Å². The SMILES string of the molecule is CC/C=C\C[C@H]1C(=O)CC[C@@H]1CC(=O)OC.CC/C=C\C[C@H]1C(O)CC[C@@H]1CCO. The molecule has 0 aromatic heterocycles. The Kier molecular flexibility index (Phi) is 13.6. The summed E-state index contributed by atoms with van der Waals surface area (Å²) >= 11 is 0. The zero-order chi connectivity index (χ0) is 22.4. The number of methoxy groups -OCH3 is 1. The molecule has 0 aliphatic heterocycles. The molecule has 2 rings (SSSR count). The van der Waals surface area contributed by atoms with E-state index < -0.39 is 0 Å². The van der Waals surface area contributed by atoms with Crippen LogP contribution in [0, 0.1) is 23.7 Å². The van der Waals surface area contributed by atoms with Gasteiger partial charge >= 0.3 is 5.97 Å². The first-order chi connectivity index (χ1) is 14.5. The van der Waals surface area contributed by atoms with Crippen molar-refractivity contribution in [1.29, 1.82) is 0 Å². The lowest BCUT2D eigenvalue weighted by Gasteiger charge is -2.19. The summed E-state index contributed by atoms with van der Waals surface area (Å²) in [6, 6.07) is 0. The number of hydrogen-bond donors (Lipinski definition) is 2. The van der Waals surface area contributed by atoms with Crippen LogP contribution in [0.2, 0.25) is 0 Å². The summed E-state index contributed by atoms with van der Waals surface area (Å²) in [6.07, 6.45) is 16.8. The van der Waals surface area contributed by atoms with Crippen LogP contribution in [-0.2, 0) is 14.3 Å². The van der Waals surface area contributed by atoms with E-state index in [1.165, 1.54) is 7.11 Å². The molecule has 2 fully saturated rings. The van der Waals surface area contributed by atoms with E-state index in [2.05, 4.69) is 42.9 Å². The van der Waals surface area contributed by atoms with Gasteiger partial charge in [-0.15, -0.1) is 0 Å².